The number of aliphatic hydroxyl groups is 1. The molecule has 0 spiro atoms. The van der Waals surface area contributed by atoms with Crippen LogP contribution in [0.4, 0.5) is 0 Å². The summed E-state index contributed by atoms with van der Waals surface area (Å²) in [4.78, 5) is 0. The Morgan fingerprint density at radius 3 is 2.33 bits per heavy atom. The average molecular weight is 257 g/mol. The monoisotopic (exact) mass is 257 g/mol. The molecule has 3 nitrogen and oxygen atoms in total. The molecule has 0 bridgehead atoms. The van der Waals surface area contributed by atoms with E-state index >= 15 is 0 Å². The quantitative estimate of drug-likeness (QED) is 0.769. The Bertz CT molecular complexity index is 243. The molecule has 0 aromatic rings. The second-order valence-electron chi connectivity index (χ2n) is 6.48. The standard InChI is InChI=1S/C15H31NO2/c1-5-18-11-14(4,17)15(10-16)8-6-13(7-9-15)12(2)3/h12-13,17H,5-11,16H2,1-4H3. The first-order chi connectivity index (χ1) is 8.38. The predicted molar refractivity (Wildman–Crippen MR) is 75.4 cm³/mol. The third-order valence-corrected chi connectivity index (χ3v) is 5.05. The molecule has 1 aliphatic rings. The van der Waals surface area contributed by atoms with Crippen LogP contribution in [-0.4, -0.2) is 30.5 Å². The lowest BCUT2D eigenvalue weighted by Crippen LogP contribution is -2.55. The van der Waals surface area contributed by atoms with Gasteiger partial charge in [-0.2, -0.15) is 0 Å². The molecular weight excluding hydrogens is 226 g/mol. The number of rotatable bonds is 6. The fourth-order valence-electron chi connectivity index (χ4n) is 3.28. The van der Waals surface area contributed by atoms with Gasteiger partial charge in [0, 0.05) is 18.6 Å². The van der Waals surface area contributed by atoms with Crippen LogP contribution in [-0.2, 0) is 4.74 Å². The highest BCUT2D eigenvalue weighted by Gasteiger charge is 2.48. The van der Waals surface area contributed by atoms with E-state index in [0.29, 0.717) is 19.8 Å². The second kappa shape index (κ2) is 6.36. The van der Waals surface area contributed by atoms with Gasteiger partial charge in [-0.1, -0.05) is 13.8 Å². The van der Waals surface area contributed by atoms with E-state index in [1.807, 2.05) is 13.8 Å². The van der Waals surface area contributed by atoms with E-state index in [1.165, 1.54) is 12.8 Å². The summed E-state index contributed by atoms with van der Waals surface area (Å²) in [5.74, 6) is 1.52. The third-order valence-electron chi connectivity index (χ3n) is 5.05. The molecule has 0 heterocycles. The van der Waals surface area contributed by atoms with Crippen molar-refractivity contribution in [2.45, 2.75) is 59.0 Å². The highest BCUT2D eigenvalue weighted by atomic mass is 16.5. The Hall–Kier alpha value is -0.120. The van der Waals surface area contributed by atoms with Crippen LogP contribution < -0.4 is 5.73 Å². The first-order valence-electron chi connectivity index (χ1n) is 7.39. The number of hydrogen-bond acceptors (Lipinski definition) is 3. The topological polar surface area (TPSA) is 55.5 Å². The van der Waals surface area contributed by atoms with Crippen molar-refractivity contribution in [2.75, 3.05) is 19.8 Å². The largest absolute Gasteiger partial charge is 0.387 e. The lowest BCUT2D eigenvalue weighted by Gasteiger charge is -2.49. The van der Waals surface area contributed by atoms with Crippen LogP contribution in [0.15, 0.2) is 0 Å². The van der Waals surface area contributed by atoms with Crippen LogP contribution in [0.25, 0.3) is 0 Å². The van der Waals surface area contributed by atoms with E-state index in [9.17, 15) is 5.11 Å². The number of hydrogen-bond donors (Lipinski definition) is 2. The second-order valence-corrected chi connectivity index (χ2v) is 6.48. The molecular formula is C15H31NO2. The average Bonchev–Trinajstić information content (AvgIpc) is 2.36. The number of ether oxygens (including phenoxy) is 1. The van der Waals surface area contributed by atoms with Crippen molar-refractivity contribution in [1.82, 2.24) is 0 Å². The van der Waals surface area contributed by atoms with Gasteiger partial charge in [-0.15, -0.1) is 0 Å². The highest BCUT2D eigenvalue weighted by molar-refractivity contribution is 5.00. The molecule has 0 aliphatic heterocycles. The summed E-state index contributed by atoms with van der Waals surface area (Å²) in [5.41, 5.74) is 5.04. The minimum absolute atomic E-state index is 0.159. The van der Waals surface area contributed by atoms with E-state index in [-0.39, 0.29) is 5.41 Å². The zero-order valence-electron chi connectivity index (χ0n) is 12.5. The van der Waals surface area contributed by atoms with Crippen molar-refractivity contribution < 1.29 is 9.84 Å². The summed E-state index contributed by atoms with van der Waals surface area (Å²) in [6.07, 6.45) is 4.40. The zero-order chi connectivity index (χ0) is 13.8. The van der Waals surface area contributed by atoms with E-state index in [2.05, 4.69) is 13.8 Å². The van der Waals surface area contributed by atoms with Crippen LogP contribution in [0.5, 0.6) is 0 Å². The molecule has 1 atom stereocenters. The van der Waals surface area contributed by atoms with Crippen molar-refractivity contribution in [1.29, 1.82) is 0 Å². The molecule has 0 saturated heterocycles. The number of nitrogens with two attached hydrogens (primary N) is 1. The summed E-state index contributed by atoms with van der Waals surface area (Å²) in [6, 6.07) is 0. The van der Waals surface area contributed by atoms with Gasteiger partial charge >= 0.3 is 0 Å². The van der Waals surface area contributed by atoms with E-state index < -0.39 is 5.60 Å². The Kier molecular flexibility index (Phi) is 5.63. The molecule has 1 rings (SSSR count). The molecule has 0 aromatic carbocycles. The molecule has 0 amide bonds. The molecule has 108 valence electrons. The molecule has 1 unspecified atom stereocenters. The van der Waals surface area contributed by atoms with Gasteiger partial charge in [0.25, 0.3) is 0 Å². The zero-order valence-corrected chi connectivity index (χ0v) is 12.5. The lowest BCUT2D eigenvalue weighted by molar-refractivity contribution is -0.135. The minimum atomic E-state index is -0.806. The summed E-state index contributed by atoms with van der Waals surface area (Å²) >= 11 is 0. The Balaban J connectivity index is 2.70. The Morgan fingerprint density at radius 2 is 1.94 bits per heavy atom. The SMILES string of the molecule is CCOCC(C)(O)C1(CN)CCC(C(C)C)CC1. The van der Waals surface area contributed by atoms with Crippen molar-refractivity contribution in [2.24, 2.45) is 23.0 Å². The van der Waals surface area contributed by atoms with E-state index in [0.717, 1.165) is 24.7 Å². The van der Waals surface area contributed by atoms with Crippen molar-refractivity contribution in [3.63, 3.8) is 0 Å². The maximum Gasteiger partial charge on any atom is 0.0919 e. The smallest absolute Gasteiger partial charge is 0.0919 e. The van der Waals surface area contributed by atoms with Crippen LogP contribution >= 0.6 is 0 Å². The van der Waals surface area contributed by atoms with E-state index in [1.54, 1.807) is 0 Å². The Labute approximate surface area is 112 Å². The fourth-order valence-corrected chi connectivity index (χ4v) is 3.28. The fraction of sp³-hybridized carbons (Fsp3) is 1.00. The van der Waals surface area contributed by atoms with E-state index in [4.69, 9.17) is 10.5 Å². The Morgan fingerprint density at radius 1 is 1.39 bits per heavy atom. The van der Waals surface area contributed by atoms with Gasteiger partial charge in [0.15, 0.2) is 0 Å². The van der Waals surface area contributed by atoms with Crippen molar-refractivity contribution >= 4 is 0 Å². The molecule has 1 aliphatic carbocycles. The van der Waals surface area contributed by atoms with Gasteiger partial charge in [0.1, 0.15) is 0 Å². The molecule has 0 aromatic heterocycles. The third kappa shape index (κ3) is 3.25. The normalized spacial score (nSPS) is 32.5. The van der Waals surface area contributed by atoms with Gasteiger partial charge in [0.2, 0.25) is 0 Å². The van der Waals surface area contributed by atoms with Crippen LogP contribution in [0.3, 0.4) is 0 Å². The maximum atomic E-state index is 10.7. The van der Waals surface area contributed by atoms with Crippen LogP contribution in [0.2, 0.25) is 0 Å². The molecule has 18 heavy (non-hydrogen) atoms. The highest BCUT2D eigenvalue weighted by Crippen LogP contribution is 2.47. The van der Waals surface area contributed by atoms with Crippen molar-refractivity contribution in [3.8, 4) is 0 Å². The molecule has 1 saturated carbocycles. The van der Waals surface area contributed by atoms with Crippen LogP contribution in [0.1, 0.15) is 53.4 Å². The summed E-state index contributed by atoms with van der Waals surface area (Å²) in [7, 11) is 0. The molecule has 3 N–H and O–H groups in total. The summed E-state index contributed by atoms with van der Waals surface area (Å²) in [6.45, 7) is 10.0. The van der Waals surface area contributed by atoms with Crippen molar-refractivity contribution in [3.05, 3.63) is 0 Å². The molecule has 3 heteroatoms. The predicted octanol–water partition coefficient (Wildman–Crippen LogP) is 2.57. The van der Waals surface area contributed by atoms with Gasteiger partial charge in [-0.05, 0) is 51.4 Å². The molecule has 0 radical (unpaired) electrons. The maximum absolute atomic E-state index is 10.7. The first-order valence-corrected chi connectivity index (χ1v) is 7.39. The minimum Gasteiger partial charge on any atom is -0.387 e. The van der Waals surface area contributed by atoms with Gasteiger partial charge in [-0.25, -0.2) is 0 Å². The lowest BCUT2D eigenvalue weighted by atomic mass is 9.60. The van der Waals surface area contributed by atoms with Gasteiger partial charge in [0.05, 0.1) is 12.2 Å². The first kappa shape index (κ1) is 15.9. The van der Waals surface area contributed by atoms with Crippen LogP contribution in [0, 0.1) is 17.3 Å². The summed E-state index contributed by atoms with van der Waals surface area (Å²) in [5, 5.41) is 10.7. The van der Waals surface area contributed by atoms with Gasteiger partial charge < -0.3 is 15.6 Å². The molecule has 1 fully saturated rings. The van der Waals surface area contributed by atoms with Gasteiger partial charge in [-0.3, -0.25) is 0 Å². The summed E-state index contributed by atoms with van der Waals surface area (Å²) < 4.78 is 5.45.